The lowest BCUT2D eigenvalue weighted by Crippen LogP contribution is -1.82. The van der Waals surface area contributed by atoms with Gasteiger partial charge in [-0.3, -0.25) is 4.98 Å². The number of benzene rings is 2. The van der Waals surface area contributed by atoms with E-state index in [-0.39, 0.29) is 0 Å². The molecule has 2 nitrogen and oxygen atoms in total. The third-order valence-corrected chi connectivity index (χ3v) is 4.04. The van der Waals surface area contributed by atoms with Crippen molar-refractivity contribution in [1.82, 2.24) is 9.97 Å². The number of nitrogens with zero attached hydrogens (tertiary/aromatic N) is 1. The molecule has 1 N–H and O–H groups in total. The van der Waals surface area contributed by atoms with Gasteiger partial charge in [0.05, 0.1) is 11.0 Å². The molecule has 0 bridgehead atoms. The standard InChI is InChI=1S/C19H16N2/c1-12-8-9-15-17(10-12)20-11-16-18(13(2)21-19(15)16)14-6-4-3-5-7-14/h3-11,21H,1-2H3. The van der Waals surface area contributed by atoms with Crippen LogP contribution in [0.2, 0.25) is 0 Å². The fourth-order valence-electron chi connectivity index (χ4n) is 3.06. The summed E-state index contributed by atoms with van der Waals surface area (Å²) >= 11 is 0. The van der Waals surface area contributed by atoms with Crippen LogP contribution in [0, 0.1) is 13.8 Å². The average Bonchev–Trinajstić information content (AvgIpc) is 2.84. The Morgan fingerprint density at radius 3 is 2.52 bits per heavy atom. The highest BCUT2D eigenvalue weighted by molar-refractivity contribution is 6.09. The fourth-order valence-corrected chi connectivity index (χ4v) is 3.06. The zero-order valence-electron chi connectivity index (χ0n) is 12.1. The van der Waals surface area contributed by atoms with E-state index in [1.54, 1.807) is 0 Å². The van der Waals surface area contributed by atoms with Crippen molar-refractivity contribution < 1.29 is 0 Å². The largest absolute Gasteiger partial charge is 0.357 e. The Bertz CT molecular complexity index is 950. The van der Waals surface area contributed by atoms with Crippen molar-refractivity contribution >= 4 is 21.8 Å². The molecule has 0 saturated carbocycles. The SMILES string of the molecule is Cc1ccc2c(c1)ncc1c(-c3ccccc3)c(C)[nH]c12. The quantitative estimate of drug-likeness (QED) is 0.519. The first-order valence-electron chi connectivity index (χ1n) is 7.17. The van der Waals surface area contributed by atoms with Gasteiger partial charge < -0.3 is 4.98 Å². The van der Waals surface area contributed by atoms with Crippen LogP contribution in [0.1, 0.15) is 11.3 Å². The predicted molar refractivity (Wildman–Crippen MR) is 88.5 cm³/mol. The number of H-pyrrole nitrogens is 1. The number of fused-ring (bicyclic) bond motifs is 3. The summed E-state index contributed by atoms with van der Waals surface area (Å²) in [7, 11) is 0. The molecule has 0 aliphatic carbocycles. The van der Waals surface area contributed by atoms with Gasteiger partial charge in [-0.1, -0.05) is 42.5 Å². The first-order chi connectivity index (χ1) is 10.2. The smallest absolute Gasteiger partial charge is 0.0725 e. The van der Waals surface area contributed by atoms with Crippen LogP contribution in [-0.2, 0) is 0 Å². The van der Waals surface area contributed by atoms with Gasteiger partial charge in [0.25, 0.3) is 0 Å². The van der Waals surface area contributed by atoms with Gasteiger partial charge in [-0.05, 0) is 31.0 Å². The molecule has 2 heteroatoms. The minimum absolute atomic E-state index is 1.04. The van der Waals surface area contributed by atoms with Crippen LogP contribution < -0.4 is 0 Å². The van der Waals surface area contributed by atoms with E-state index in [1.807, 2.05) is 12.3 Å². The van der Waals surface area contributed by atoms with E-state index in [9.17, 15) is 0 Å². The zero-order valence-corrected chi connectivity index (χ0v) is 12.1. The molecule has 0 fully saturated rings. The number of nitrogens with one attached hydrogen (secondary N) is 1. The van der Waals surface area contributed by atoms with Crippen molar-refractivity contribution in [3.05, 3.63) is 66.0 Å². The van der Waals surface area contributed by atoms with E-state index >= 15 is 0 Å². The topological polar surface area (TPSA) is 28.7 Å². The first kappa shape index (κ1) is 12.2. The van der Waals surface area contributed by atoms with Crippen molar-refractivity contribution in [3.8, 4) is 11.1 Å². The normalized spacial score (nSPS) is 11.3. The Morgan fingerprint density at radius 2 is 1.71 bits per heavy atom. The molecule has 4 rings (SSSR count). The molecule has 2 heterocycles. The number of hydrogen-bond acceptors (Lipinski definition) is 1. The van der Waals surface area contributed by atoms with Gasteiger partial charge >= 0.3 is 0 Å². The minimum atomic E-state index is 1.04. The second-order valence-corrected chi connectivity index (χ2v) is 5.56. The first-order valence-corrected chi connectivity index (χ1v) is 7.17. The molecular formula is C19H16N2. The van der Waals surface area contributed by atoms with E-state index in [0.29, 0.717) is 0 Å². The summed E-state index contributed by atoms with van der Waals surface area (Å²) in [6, 6.07) is 16.9. The van der Waals surface area contributed by atoms with Crippen LogP contribution in [0.4, 0.5) is 0 Å². The van der Waals surface area contributed by atoms with Crippen molar-refractivity contribution in [2.24, 2.45) is 0 Å². The maximum absolute atomic E-state index is 4.65. The summed E-state index contributed by atoms with van der Waals surface area (Å²) in [5.41, 5.74) is 7.13. The highest BCUT2D eigenvalue weighted by Gasteiger charge is 2.13. The van der Waals surface area contributed by atoms with E-state index in [1.165, 1.54) is 38.7 Å². The summed E-state index contributed by atoms with van der Waals surface area (Å²) in [5, 5.41) is 2.37. The lowest BCUT2D eigenvalue weighted by Gasteiger charge is -2.03. The lowest BCUT2D eigenvalue weighted by atomic mass is 10.0. The van der Waals surface area contributed by atoms with Crippen molar-refractivity contribution in [3.63, 3.8) is 0 Å². The summed E-state index contributed by atoms with van der Waals surface area (Å²) in [6.45, 7) is 4.23. The van der Waals surface area contributed by atoms with E-state index < -0.39 is 0 Å². The van der Waals surface area contributed by atoms with Crippen molar-refractivity contribution in [1.29, 1.82) is 0 Å². The number of hydrogen-bond donors (Lipinski definition) is 1. The van der Waals surface area contributed by atoms with Crippen LogP contribution in [-0.4, -0.2) is 9.97 Å². The Labute approximate surface area is 123 Å². The average molecular weight is 272 g/mol. The third kappa shape index (κ3) is 1.83. The molecule has 0 atom stereocenters. The number of aryl methyl sites for hydroxylation is 2. The Kier molecular flexibility index (Phi) is 2.58. The van der Waals surface area contributed by atoms with Gasteiger partial charge in [-0.2, -0.15) is 0 Å². The molecule has 0 aliphatic rings. The number of aromatic nitrogens is 2. The van der Waals surface area contributed by atoms with Crippen LogP contribution >= 0.6 is 0 Å². The van der Waals surface area contributed by atoms with E-state index in [2.05, 4.69) is 66.3 Å². The van der Waals surface area contributed by atoms with Gasteiger partial charge in [0.15, 0.2) is 0 Å². The van der Waals surface area contributed by atoms with Crippen LogP contribution in [0.25, 0.3) is 32.9 Å². The molecule has 21 heavy (non-hydrogen) atoms. The third-order valence-electron chi connectivity index (χ3n) is 4.04. The maximum atomic E-state index is 4.65. The van der Waals surface area contributed by atoms with Gasteiger partial charge in [-0.15, -0.1) is 0 Å². The van der Waals surface area contributed by atoms with E-state index in [4.69, 9.17) is 0 Å². The van der Waals surface area contributed by atoms with Crippen molar-refractivity contribution in [2.75, 3.05) is 0 Å². The molecule has 0 aliphatic heterocycles. The van der Waals surface area contributed by atoms with Gasteiger partial charge in [-0.25, -0.2) is 0 Å². The molecule has 0 amide bonds. The summed E-state index contributed by atoms with van der Waals surface area (Å²) in [4.78, 5) is 8.20. The molecule has 0 radical (unpaired) electrons. The molecule has 0 spiro atoms. The number of aromatic amines is 1. The molecule has 102 valence electrons. The number of pyridine rings is 1. The van der Waals surface area contributed by atoms with Crippen LogP contribution in [0.15, 0.2) is 54.7 Å². The number of rotatable bonds is 1. The highest BCUT2D eigenvalue weighted by Crippen LogP contribution is 2.34. The monoisotopic (exact) mass is 272 g/mol. The minimum Gasteiger partial charge on any atom is -0.357 e. The molecule has 0 saturated heterocycles. The van der Waals surface area contributed by atoms with E-state index in [0.717, 1.165) is 5.52 Å². The molecule has 4 aromatic rings. The second-order valence-electron chi connectivity index (χ2n) is 5.56. The zero-order chi connectivity index (χ0) is 14.4. The van der Waals surface area contributed by atoms with Crippen LogP contribution in [0.5, 0.6) is 0 Å². The predicted octanol–water partition coefficient (Wildman–Crippen LogP) is 5.00. The Hall–Kier alpha value is -2.61. The summed E-state index contributed by atoms with van der Waals surface area (Å²) < 4.78 is 0. The molecule has 2 aromatic heterocycles. The maximum Gasteiger partial charge on any atom is 0.0725 e. The molecule has 2 aromatic carbocycles. The highest BCUT2D eigenvalue weighted by atomic mass is 14.8. The summed E-state index contributed by atoms with van der Waals surface area (Å²) in [6.07, 6.45) is 1.99. The summed E-state index contributed by atoms with van der Waals surface area (Å²) in [5.74, 6) is 0. The van der Waals surface area contributed by atoms with Gasteiger partial charge in [0, 0.05) is 28.2 Å². The Balaban J connectivity index is 2.10. The second kappa shape index (κ2) is 4.45. The van der Waals surface area contributed by atoms with Crippen LogP contribution in [0.3, 0.4) is 0 Å². The fraction of sp³-hybridized carbons (Fsp3) is 0.105. The van der Waals surface area contributed by atoms with Gasteiger partial charge in [0.2, 0.25) is 0 Å². The Morgan fingerprint density at radius 1 is 0.905 bits per heavy atom. The van der Waals surface area contributed by atoms with Gasteiger partial charge in [0.1, 0.15) is 0 Å². The molecular weight excluding hydrogens is 256 g/mol. The van der Waals surface area contributed by atoms with Crippen molar-refractivity contribution in [2.45, 2.75) is 13.8 Å². The molecule has 0 unspecified atom stereocenters. The lowest BCUT2D eigenvalue weighted by molar-refractivity contribution is 1.30.